The van der Waals surface area contributed by atoms with Crippen LogP contribution >= 0.6 is 23.3 Å². The molecule has 2 heterocycles. The second-order valence-corrected chi connectivity index (χ2v) is 6.15. The second kappa shape index (κ2) is 5.04. The lowest BCUT2D eigenvalue weighted by atomic mass is 9.95. The first-order valence-electron chi connectivity index (χ1n) is 5.69. The molecular weight excluding hydrogens is 254 g/mol. The van der Waals surface area contributed by atoms with Gasteiger partial charge in [-0.2, -0.15) is 4.37 Å². The summed E-state index contributed by atoms with van der Waals surface area (Å²) in [6.45, 7) is 4.15. The maximum Gasteiger partial charge on any atom is 0.153 e. The lowest BCUT2D eigenvalue weighted by Crippen LogP contribution is -2.47. The molecule has 96 valence electrons. The summed E-state index contributed by atoms with van der Waals surface area (Å²) in [5.41, 5.74) is 5.83. The van der Waals surface area contributed by atoms with Gasteiger partial charge in [-0.3, -0.25) is 0 Å². The van der Waals surface area contributed by atoms with Crippen LogP contribution in [0.2, 0.25) is 0 Å². The molecule has 4 nitrogen and oxygen atoms in total. The average molecular weight is 273 g/mol. The van der Waals surface area contributed by atoms with Crippen LogP contribution in [0.4, 0.5) is 10.8 Å². The number of thioether (sulfide) groups is 1. The van der Waals surface area contributed by atoms with Gasteiger partial charge in [0.25, 0.3) is 0 Å². The van der Waals surface area contributed by atoms with Gasteiger partial charge in [-0.15, -0.1) is 11.8 Å². The molecule has 0 aliphatic carbocycles. The topological polar surface area (TPSA) is 51.4 Å². The summed E-state index contributed by atoms with van der Waals surface area (Å²) >= 11 is 3.16. The normalized spacial score (nSPS) is 25.2. The van der Waals surface area contributed by atoms with Crippen molar-refractivity contribution in [3.8, 4) is 0 Å². The Bertz CT molecular complexity index is 396. The molecule has 0 bridgehead atoms. The van der Waals surface area contributed by atoms with Crippen molar-refractivity contribution in [2.45, 2.75) is 30.3 Å². The standard InChI is InChI=1S/C11H19N3OS2/c1-11(15-2)5-4-6-14(7-11)10-8(16-3)9(12)13-17-10/h4-7H2,1-3H3,(H2,12,13). The first-order valence-corrected chi connectivity index (χ1v) is 7.69. The van der Waals surface area contributed by atoms with E-state index in [1.165, 1.54) is 16.5 Å². The molecule has 0 saturated carbocycles. The summed E-state index contributed by atoms with van der Waals surface area (Å²) in [6, 6.07) is 0. The fourth-order valence-electron chi connectivity index (χ4n) is 2.22. The van der Waals surface area contributed by atoms with Crippen molar-refractivity contribution in [1.29, 1.82) is 0 Å². The maximum absolute atomic E-state index is 5.88. The predicted octanol–water partition coefficient (Wildman–Crippen LogP) is 2.45. The molecule has 0 radical (unpaired) electrons. The first-order chi connectivity index (χ1) is 8.09. The van der Waals surface area contributed by atoms with Crippen LogP contribution in [0.3, 0.4) is 0 Å². The van der Waals surface area contributed by atoms with Crippen LogP contribution in [-0.4, -0.2) is 36.4 Å². The van der Waals surface area contributed by atoms with E-state index >= 15 is 0 Å². The van der Waals surface area contributed by atoms with Gasteiger partial charge in [0.15, 0.2) is 5.82 Å². The zero-order valence-electron chi connectivity index (χ0n) is 10.5. The Hall–Kier alpha value is -0.460. The third kappa shape index (κ3) is 2.53. The molecule has 17 heavy (non-hydrogen) atoms. The van der Waals surface area contributed by atoms with Crippen LogP contribution in [-0.2, 0) is 4.74 Å². The fraction of sp³-hybridized carbons (Fsp3) is 0.727. The summed E-state index contributed by atoms with van der Waals surface area (Å²) in [5, 5.41) is 1.19. The summed E-state index contributed by atoms with van der Waals surface area (Å²) in [5.74, 6) is 0.655. The quantitative estimate of drug-likeness (QED) is 0.857. The van der Waals surface area contributed by atoms with E-state index in [1.807, 2.05) is 6.26 Å². The van der Waals surface area contributed by atoms with Gasteiger partial charge in [-0.25, -0.2) is 0 Å². The molecule has 1 aromatic heterocycles. The lowest BCUT2D eigenvalue weighted by molar-refractivity contribution is -0.00459. The number of nitrogen functional groups attached to an aromatic ring is 1. The van der Waals surface area contributed by atoms with Crippen molar-refractivity contribution in [3.63, 3.8) is 0 Å². The summed E-state index contributed by atoms with van der Waals surface area (Å²) in [7, 11) is 1.79. The third-order valence-electron chi connectivity index (χ3n) is 3.30. The Labute approximate surface area is 111 Å². The van der Waals surface area contributed by atoms with E-state index < -0.39 is 0 Å². The van der Waals surface area contributed by atoms with Crippen molar-refractivity contribution in [3.05, 3.63) is 0 Å². The highest BCUT2D eigenvalue weighted by atomic mass is 32.2. The van der Waals surface area contributed by atoms with Crippen LogP contribution < -0.4 is 10.6 Å². The third-order valence-corrected chi connectivity index (χ3v) is 5.16. The number of piperidine rings is 1. The molecule has 1 atom stereocenters. The van der Waals surface area contributed by atoms with Gasteiger partial charge in [0.2, 0.25) is 0 Å². The van der Waals surface area contributed by atoms with Gasteiger partial charge in [-0.1, -0.05) is 0 Å². The number of nitrogens with two attached hydrogens (primary N) is 1. The zero-order chi connectivity index (χ0) is 12.5. The second-order valence-electron chi connectivity index (χ2n) is 4.59. The van der Waals surface area contributed by atoms with Gasteiger partial charge in [-0.05, 0) is 37.6 Å². The SMILES string of the molecule is COC1(C)CCCN(c2snc(N)c2SC)C1. The Morgan fingerprint density at radius 3 is 3.00 bits per heavy atom. The van der Waals surface area contributed by atoms with Crippen molar-refractivity contribution in [1.82, 2.24) is 4.37 Å². The molecule has 6 heteroatoms. The summed E-state index contributed by atoms with van der Waals surface area (Å²) in [4.78, 5) is 3.46. The molecule has 1 aromatic rings. The van der Waals surface area contributed by atoms with E-state index in [9.17, 15) is 0 Å². The minimum atomic E-state index is -0.0489. The Balaban J connectivity index is 2.22. The van der Waals surface area contributed by atoms with E-state index in [-0.39, 0.29) is 5.60 Å². The minimum Gasteiger partial charge on any atom is -0.382 e. The molecule has 0 amide bonds. The lowest BCUT2D eigenvalue weighted by Gasteiger charge is -2.40. The van der Waals surface area contributed by atoms with Gasteiger partial charge in [0, 0.05) is 20.2 Å². The van der Waals surface area contributed by atoms with Gasteiger partial charge in [0.1, 0.15) is 5.00 Å². The van der Waals surface area contributed by atoms with Gasteiger partial charge in [0.05, 0.1) is 10.5 Å². The van der Waals surface area contributed by atoms with E-state index in [0.29, 0.717) is 5.82 Å². The number of aromatic nitrogens is 1. The molecule has 1 fully saturated rings. The smallest absolute Gasteiger partial charge is 0.153 e. The number of anilines is 2. The Kier molecular flexibility index (Phi) is 3.85. The largest absolute Gasteiger partial charge is 0.382 e. The predicted molar refractivity (Wildman–Crippen MR) is 75.2 cm³/mol. The monoisotopic (exact) mass is 273 g/mol. The van der Waals surface area contributed by atoms with Crippen LogP contribution in [0.5, 0.6) is 0 Å². The number of nitrogens with zero attached hydrogens (tertiary/aromatic N) is 2. The molecule has 1 unspecified atom stereocenters. The number of hydrogen-bond donors (Lipinski definition) is 1. The summed E-state index contributed by atoms with van der Waals surface area (Å²) in [6.07, 6.45) is 4.31. The fourth-order valence-corrected chi connectivity index (χ4v) is 3.94. The average Bonchev–Trinajstić information content (AvgIpc) is 2.70. The number of hydrogen-bond acceptors (Lipinski definition) is 6. The van der Waals surface area contributed by atoms with Crippen LogP contribution in [0.25, 0.3) is 0 Å². The van der Waals surface area contributed by atoms with Crippen LogP contribution in [0, 0.1) is 0 Å². The van der Waals surface area contributed by atoms with Crippen LogP contribution in [0.15, 0.2) is 4.90 Å². The van der Waals surface area contributed by atoms with Gasteiger partial charge < -0.3 is 15.4 Å². The Morgan fingerprint density at radius 2 is 2.35 bits per heavy atom. The van der Waals surface area contributed by atoms with Crippen molar-refractivity contribution in [2.75, 3.05) is 37.1 Å². The first kappa shape index (κ1) is 13.0. The van der Waals surface area contributed by atoms with E-state index in [1.54, 1.807) is 18.9 Å². The number of ether oxygens (including phenoxy) is 1. The highest BCUT2D eigenvalue weighted by Crippen LogP contribution is 2.40. The molecule has 0 aromatic carbocycles. The highest BCUT2D eigenvalue weighted by molar-refractivity contribution is 7.99. The highest BCUT2D eigenvalue weighted by Gasteiger charge is 2.32. The zero-order valence-corrected chi connectivity index (χ0v) is 12.2. The van der Waals surface area contributed by atoms with Crippen LogP contribution in [0.1, 0.15) is 19.8 Å². The van der Waals surface area contributed by atoms with E-state index in [2.05, 4.69) is 16.2 Å². The molecule has 2 N–H and O–H groups in total. The Morgan fingerprint density at radius 1 is 1.59 bits per heavy atom. The molecule has 2 rings (SSSR count). The van der Waals surface area contributed by atoms with Crippen molar-refractivity contribution in [2.24, 2.45) is 0 Å². The molecule has 1 aliphatic heterocycles. The minimum absolute atomic E-state index is 0.0489. The number of rotatable bonds is 3. The van der Waals surface area contributed by atoms with E-state index in [4.69, 9.17) is 10.5 Å². The molecular formula is C11H19N3OS2. The maximum atomic E-state index is 5.88. The molecule has 1 aliphatic rings. The molecule has 0 spiro atoms. The molecule has 1 saturated heterocycles. The van der Waals surface area contributed by atoms with Gasteiger partial charge >= 0.3 is 0 Å². The summed E-state index contributed by atoms with van der Waals surface area (Å²) < 4.78 is 9.87. The van der Waals surface area contributed by atoms with E-state index in [0.717, 1.165) is 30.8 Å². The van der Waals surface area contributed by atoms with Crippen molar-refractivity contribution >= 4 is 34.1 Å². The number of methoxy groups -OCH3 is 1. The van der Waals surface area contributed by atoms with Crippen molar-refractivity contribution < 1.29 is 4.74 Å².